The SMILES string of the molecule is CC(=O)O[C@@H](C)[C@@H](C)c1ccccc1. The molecule has 0 saturated carbocycles. The zero-order valence-electron chi connectivity index (χ0n) is 8.86. The fourth-order valence-corrected chi connectivity index (χ4v) is 1.39. The number of carbonyl (C=O) groups is 1. The van der Waals surface area contributed by atoms with E-state index in [-0.39, 0.29) is 18.0 Å². The van der Waals surface area contributed by atoms with E-state index in [9.17, 15) is 4.79 Å². The van der Waals surface area contributed by atoms with Crippen LogP contribution in [0.25, 0.3) is 0 Å². The van der Waals surface area contributed by atoms with E-state index in [1.807, 2.05) is 37.3 Å². The molecule has 76 valence electrons. The fourth-order valence-electron chi connectivity index (χ4n) is 1.39. The standard InChI is InChI=1S/C12H16O2/c1-9(10(2)14-11(3)13)12-7-5-4-6-8-12/h4-10H,1-3H3/t9-,10+/m1/s1. The van der Waals surface area contributed by atoms with Crippen LogP contribution in [0.1, 0.15) is 32.3 Å². The Morgan fingerprint density at radius 2 is 1.79 bits per heavy atom. The molecule has 0 aromatic heterocycles. The second-order valence-electron chi connectivity index (χ2n) is 3.51. The topological polar surface area (TPSA) is 26.3 Å². The third-order valence-corrected chi connectivity index (χ3v) is 2.38. The van der Waals surface area contributed by atoms with E-state index in [4.69, 9.17) is 4.74 Å². The van der Waals surface area contributed by atoms with Crippen LogP contribution in [0.15, 0.2) is 30.3 Å². The lowest BCUT2D eigenvalue weighted by Crippen LogP contribution is -2.19. The number of esters is 1. The third-order valence-electron chi connectivity index (χ3n) is 2.38. The van der Waals surface area contributed by atoms with Crippen LogP contribution >= 0.6 is 0 Å². The summed E-state index contributed by atoms with van der Waals surface area (Å²) in [5.74, 6) is 0.0142. The maximum Gasteiger partial charge on any atom is 0.302 e. The van der Waals surface area contributed by atoms with Crippen molar-refractivity contribution in [1.82, 2.24) is 0 Å². The molecule has 2 heteroatoms. The highest BCUT2D eigenvalue weighted by Crippen LogP contribution is 2.20. The fraction of sp³-hybridized carbons (Fsp3) is 0.417. The molecule has 0 N–H and O–H groups in total. The largest absolute Gasteiger partial charge is 0.462 e. The summed E-state index contributed by atoms with van der Waals surface area (Å²) in [4.78, 5) is 10.8. The molecular formula is C12H16O2. The zero-order valence-corrected chi connectivity index (χ0v) is 8.86. The summed E-state index contributed by atoms with van der Waals surface area (Å²) in [6, 6.07) is 10.1. The van der Waals surface area contributed by atoms with Gasteiger partial charge in [-0.1, -0.05) is 37.3 Å². The lowest BCUT2D eigenvalue weighted by Gasteiger charge is -2.19. The molecule has 0 bridgehead atoms. The first-order chi connectivity index (χ1) is 6.61. The first-order valence-electron chi connectivity index (χ1n) is 4.83. The number of hydrogen-bond donors (Lipinski definition) is 0. The molecule has 0 radical (unpaired) electrons. The van der Waals surface area contributed by atoms with Gasteiger partial charge >= 0.3 is 5.97 Å². The predicted octanol–water partition coefficient (Wildman–Crippen LogP) is 2.74. The first kappa shape index (κ1) is 10.8. The monoisotopic (exact) mass is 192 g/mol. The van der Waals surface area contributed by atoms with E-state index in [0.29, 0.717) is 0 Å². The van der Waals surface area contributed by atoms with Crippen molar-refractivity contribution in [3.63, 3.8) is 0 Å². The van der Waals surface area contributed by atoms with E-state index in [0.717, 1.165) is 0 Å². The minimum Gasteiger partial charge on any atom is -0.462 e. The summed E-state index contributed by atoms with van der Waals surface area (Å²) >= 11 is 0. The molecule has 0 aliphatic heterocycles. The van der Waals surface area contributed by atoms with Crippen LogP contribution in [0.2, 0.25) is 0 Å². The Morgan fingerprint density at radius 3 is 2.29 bits per heavy atom. The van der Waals surface area contributed by atoms with E-state index in [1.54, 1.807) is 0 Å². The molecule has 0 spiro atoms. The van der Waals surface area contributed by atoms with E-state index >= 15 is 0 Å². The van der Waals surface area contributed by atoms with Crippen LogP contribution in [0.3, 0.4) is 0 Å². The van der Waals surface area contributed by atoms with E-state index in [1.165, 1.54) is 12.5 Å². The van der Waals surface area contributed by atoms with Crippen LogP contribution in [0.4, 0.5) is 0 Å². The molecule has 2 atom stereocenters. The van der Waals surface area contributed by atoms with Gasteiger partial charge in [0.15, 0.2) is 0 Å². The molecule has 1 rings (SSSR count). The van der Waals surface area contributed by atoms with Gasteiger partial charge in [-0.3, -0.25) is 4.79 Å². The molecule has 0 unspecified atom stereocenters. The summed E-state index contributed by atoms with van der Waals surface area (Å²) in [5, 5.41) is 0. The van der Waals surface area contributed by atoms with Crippen LogP contribution in [0, 0.1) is 0 Å². The van der Waals surface area contributed by atoms with Gasteiger partial charge in [0.25, 0.3) is 0 Å². The van der Waals surface area contributed by atoms with Crippen molar-refractivity contribution >= 4 is 5.97 Å². The van der Waals surface area contributed by atoms with Crippen molar-refractivity contribution in [2.75, 3.05) is 0 Å². The van der Waals surface area contributed by atoms with Crippen molar-refractivity contribution in [2.24, 2.45) is 0 Å². The van der Waals surface area contributed by atoms with E-state index in [2.05, 4.69) is 6.92 Å². The molecule has 0 amide bonds. The van der Waals surface area contributed by atoms with Crippen molar-refractivity contribution in [2.45, 2.75) is 32.8 Å². The summed E-state index contributed by atoms with van der Waals surface area (Å²) < 4.78 is 5.13. The molecule has 0 fully saturated rings. The minimum absolute atomic E-state index is 0.0742. The van der Waals surface area contributed by atoms with Gasteiger partial charge in [-0.15, -0.1) is 0 Å². The summed E-state index contributed by atoms with van der Waals surface area (Å²) in [6.45, 7) is 5.41. The highest BCUT2D eigenvalue weighted by Gasteiger charge is 2.16. The Labute approximate surface area is 84.9 Å². The average Bonchev–Trinajstić information content (AvgIpc) is 2.17. The number of hydrogen-bond acceptors (Lipinski definition) is 2. The molecule has 2 nitrogen and oxygen atoms in total. The smallest absolute Gasteiger partial charge is 0.302 e. The van der Waals surface area contributed by atoms with Crippen LogP contribution in [-0.2, 0) is 9.53 Å². The molecule has 0 aliphatic carbocycles. The van der Waals surface area contributed by atoms with Gasteiger partial charge in [-0.05, 0) is 12.5 Å². The molecule has 0 aliphatic rings. The number of ether oxygens (including phenoxy) is 1. The number of carbonyl (C=O) groups excluding carboxylic acids is 1. The maximum atomic E-state index is 10.8. The summed E-state index contributed by atoms with van der Waals surface area (Å²) in [5.41, 5.74) is 1.20. The molecule has 1 aromatic carbocycles. The van der Waals surface area contributed by atoms with Gasteiger partial charge < -0.3 is 4.74 Å². The van der Waals surface area contributed by atoms with Crippen LogP contribution in [0.5, 0.6) is 0 Å². The van der Waals surface area contributed by atoms with Crippen molar-refractivity contribution in [3.05, 3.63) is 35.9 Å². The second-order valence-corrected chi connectivity index (χ2v) is 3.51. The van der Waals surface area contributed by atoms with Crippen LogP contribution in [-0.4, -0.2) is 12.1 Å². The average molecular weight is 192 g/mol. The molecule has 0 heterocycles. The van der Waals surface area contributed by atoms with E-state index < -0.39 is 0 Å². The highest BCUT2D eigenvalue weighted by atomic mass is 16.5. The predicted molar refractivity (Wildman–Crippen MR) is 56.1 cm³/mol. The Kier molecular flexibility index (Phi) is 3.69. The number of benzene rings is 1. The third kappa shape index (κ3) is 2.87. The number of rotatable bonds is 3. The quantitative estimate of drug-likeness (QED) is 0.688. The Morgan fingerprint density at radius 1 is 1.21 bits per heavy atom. The second kappa shape index (κ2) is 4.80. The minimum atomic E-state index is -0.222. The van der Waals surface area contributed by atoms with Gasteiger partial charge in [0, 0.05) is 12.8 Å². The van der Waals surface area contributed by atoms with Gasteiger partial charge in [-0.25, -0.2) is 0 Å². The first-order valence-corrected chi connectivity index (χ1v) is 4.83. The summed E-state index contributed by atoms with van der Waals surface area (Å²) in [7, 11) is 0. The van der Waals surface area contributed by atoms with Crippen molar-refractivity contribution in [1.29, 1.82) is 0 Å². The Hall–Kier alpha value is -1.31. The lowest BCUT2D eigenvalue weighted by atomic mass is 9.96. The molecular weight excluding hydrogens is 176 g/mol. The molecule has 1 aromatic rings. The van der Waals surface area contributed by atoms with Gasteiger partial charge in [0.2, 0.25) is 0 Å². The summed E-state index contributed by atoms with van der Waals surface area (Å²) in [6.07, 6.45) is -0.0742. The normalized spacial score (nSPS) is 14.5. The molecule has 14 heavy (non-hydrogen) atoms. The lowest BCUT2D eigenvalue weighted by molar-refractivity contribution is -0.146. The Bertz CT molecular complexity index is 292. The van der Waals surface area contributed by atoms with Crippen molar-refractivity contribution < 1.29 is 9.53 Å². The van der Waals surface area contributed by atoms with Gasteiger partial charge in [0.05, 0.1) is 0 Å². The highest BCUT2D eigenvalue weighted by molar-refractivity contribution is 5.66. The maximum absolute atomic E-state index is 10.8. The van der Waals surface area contributed by atoms with Crippen LogP contribution < -0.4 is 0 Å². The molecule has 0 saturated heterocycles. The zero-order chi connectivity index (χ0) is 10.6. The van der Waals surface area contributed by atoms with Gasteiger partial charge in [-0.2, -0.15) is 0 Å². The Balaban J connectivity index is 2.65. The van der Waals surface area contributed by atoms with Gasteiger partial charge in [0.1, 0.15) is 6.10 Å². The van der Waals surface area contributed by atoms with Crippen molar-refractivity contribution in [3.8, 4) is 0 Å².